The van der Waals surface area contributed by atoms with Crippen molar-refractivity contribution in [1.29, 1.82) is 0 Å². The molecule has 1 heterocycles. The van der Waals surface area contributed by atoms with Crippen LogP contribution in [0.25, 0.3) is 0 Å². The number of nitrogens with two attached hydrogens (primary N) is 1. The summed E-state index contributed by atoms with van der Waals surface area (Å²) >= 11 is 0. The number of aliphatic hydroxyl groups is 1. The van der Waals surface area contributed by atoms with Gasteiger partial charge in [-0.2, -0.15) is 0 Å². The number of carbonyl (C=O) groups is 1. The number of anilines is 1. The molecule has 0 aliphatic heterocycles. The highest BCUT2D eigenvalue weighted by molar-refractivity contribution is 5.76. The van der Waals surface area contributed by atoms with Gasteiger partial charge in [-0.1, -0.05) is 19.3 Å². The van der Waals surface area contributed by atoms with Gasteiger partial charge in [0.1, 0.15) is 5.82 Å². The summed E-state index contributed by atoms with van der Waals surface area (Å²) in [5.74, 6) is 0.381. The fraction of sp³-hybridized carbons (Fsp3) is 0.733. The molecule has 0 radical (unpaired) electrons. The molecule has 0 bridgehead atoms. The lowest BCUT2D eigenvalue weighted by molar-refractivity contribution is -0.124. The summed E-state index contributed by atoms with van der Waals surface area (Å²) in [4.78, 5) is 16.1. The largest absolute Gasteiger partial charge is 0.388 e. The molecular weight excluding hydrogens is 268 g/mol. The third-order valence-corrected chi connectivity index (χ3v) is 4.29. The van der Waals surface area contributed by atoms with Crippen LogP contribution in [0.3, 0.4) is 0 Å². The highest BCUT2D eigenvalue weighted by atomic mass is 16.3. The smallest absolute Gasteiger partial charge is 0.222 e. The zero-order chi connectivity index (χ0) is 15.5. The van der Waals surface area contributed by atoms with Gasteiger partial charge < -0.3 is 20.7 Å². The third-order valence-electron chi connectivity index (χ3n) is 4.29. The second-order valence-electron chi connectivity index (χ2n) is 6.76. The Morgan fingerprint density at radius 2 is 2.14 bits per heavy atom. The number of carbonyl (C=O) groups excluding carboxylic acids is 1. The van der Waals surface area contributed by atoms with Crippen molar-refractivity contribution < 1.29 is 9.90 Å². The van der Waals surface area contributed by atoms with E-state index in [0.29, 0.717) is 18.8 Å². The second-order valence-corrected chi connectivity index (χ2v) is 6.76. The average molecular weight is 294 g/mol. The van der Waals surface area contributed by atoms with E-state index < -0.39 is 11.1 Å². The van der Waals surface area contributed by atoms with Crippen molar-refractivity contribution in [2.75, 3.05) is 12.3 Å². The molecule has 1 aromatic heterocycles. The lowest BCUT2D eigenvalue weighted by Gasteiger charge is -2.33. The van der Waals surface area contributed by atoms with Crippen LogP contribution in [0.2, 0.25) is 0 Å². The molecule has 4 N–H and O–H groups in total. The summed E-state index contributed by atoms with van der Waals surface area (Å²) in [6.07, 6.45) is 8.46. The Kier molecular flexibility index (Phi) is 4.56. The number of nitrogen functional groups attached to an aromatic ring is 1. The van der Waals surface area contributed by atoms with Gasteiger partial charge in [-0.3, -0.25) is 4.79 Å². The Balaban J connectivity index is 1.86. The molecule has 0 saturated heterocycles. The Morgan fingerprint density at radius 1 is 1.48 bits per heavy atom. The molecule has 6 heteroatoms. The minimum atomic E-state index is -0.725. The molecule has 1 aliphatic rings. The van der Waals surface area contributed by atoms with E-state index in [9.17, 15) is 9.90 Å². The summed E-state index contributed by atoms with van der Waals surface area (Å²) in [6, 6.07) is 0. The van der Waals surface area contributed by atoms with E-state index in [0.717, 1.165) is 25.7 Å². The molecule has 0 spiro atoms. The van der Waals surface area contributed by atoms with Crippen LogP contribution in [0.15, 0.2) is 12.5 Å². The number of imidazole rings is 1. The van der Waals surface area contributed by atoms with Crippen molar-refractivity contribution in [3.8, 4) is 0 Å². The maximum absolute atomic E-state index is 12.1. The second kappa shape index (κ2) is 6.05. The van der Waals surface area contributed by atoms with E-state index in [1.807, 2.05) is 18.4 Å². The van der Waals surface area contributed by atoms with E-state index in [1.54, 1.807) is 12.5 Å². The Hall–Kier alpha value is -1.56. The molecule has 1 saturated carbocycles. The maximum Gasteiger partial charge on any atom is 0.222 e. The van der Waals surface area contributed by atoms with Crippen molar-refractivity contribution in [2.24, 2.45) is 0 Å². The quantitative estimate of drug-likeness (QED) is 0.765. The summed E-state index contributed by atoms with van der Waals surface area (Å²) in [6.45, 7) is 4.26. The van der Waals surface area contributed by atoms with Crippen LogP contribution in [-0.4, -0.2) is 32.7 Å². The summed E-state index contributed by atoms with van der Waals surface area (Å²) in [7, 11) is 0. The van der Waals surface area contributed by atoms with E-state index in [2.05, 4.69) is 10.3 Å². The zero-order valence-electron chi connectivity index (χ0n) is 12.9. The molecule has 0 unspecified atom stereocenters. The van der Waals surface area contributed by atoms with Crippen LogP contribution >= 0.6 is 0 Å². The third kappa shape index (κ3) is 4.20. The molecule has 0 atom stereocenters. The number of nitrogens with zero attached hydrogens (tertiary/aromatic N) is 2. The van der Waals surface area contributed by atoms with Gasteiger partial charge in [-0.05, 0) is 26.7 Å². The first kappa shape index (κ1) is 15.8. The van der Waals surface area contributed by atoms with E-state index in [-0.39, 0.29) is 5.91 Å². The number of nitrogens with one attached hydrogen (secondary N) is 1. The Bertz CT molecular complexity index is 490. The normalized spacial score (nSPS) is 18.4. The van der Waals surface area contributed by atoms with Crippen molar-refractivity contribution >= 4 is 11.7 Å². The van der Waals surface area contributed by atoms with E-state index in [4.69, 9.17) is 5.73 Å². The van der Waals surface area contributed by atoms with Crippen molar-refractivity contribution in [1.82, 2.24) is 14.9 Å². The van der Waals surface area contributed by atoms with Crippen LogP contribution in [0.1, 0.15) is 52.4 Å². The predicted octanol–water partition coefficient (Wildman–Crippen LogP) is 1.40. The van der Waals surface area contributed by atoms with Crippen LogP contribution in [0.4, 0.5) is 5.82 Å². The molecule has 2 rings (SSSR count). The van der Waals surface area contributed by atoms with Crippen molar-refractivity contribution in [3.63, 3.8) is 0 Å². The Labute approximate surface area is 125 Å². The highest BCUT2D eigenvalue weighted by Crippen LogP contribution is 2.27. The minimum Gasteiger partial charge on any atom is -0.388 e. The number of aromatic nitrogens is 2. The molecule has 21 heavy (non-hydrogen) atoms. The first-order valence-corrected chi connectivity index (χ1v) is 7.60. The molecule has 6 nitrogen and oxygen atoms in total. The van der Waals surface area contributed by atoms with Gasteiger partial charge in [0.25, 0.3) is 0 Å². The molecule has 118 valence electrons. The average Bonchev–Trinajstić information content (AvgIpc) is 2.85. The summed E-state index contributed by atoms with van der Waals surface area (Å²) < 4.78 is 1.84. The molecular formula is C15H26N4O2. The summed E-state index contributed by atoms with van der Waals surface area (Å²) in [5, 5.41) is 13.3. The van der Waals surface area contributed by atoms with Crippen LogP contribution in [-0.2, 0) is 10.3 Å². The predicted molar refractivity (Wildman–Crippen MR) is 81.6 cm³/mol. The number of hydrogen-bond acceptors (Lipinski definition) is 4. The highest BCUT2D eigenvalue weighted by Gasteiger charge is 2.30. The van der Waals surface area contributed by atoms with Gasteiger partial charge in [-0.25, -0.2) is 4.98 Å². The fourth-order valence-corrected chi connectivity index (χ4v) is 2.87. The van der Waals surface area contributed by atoms with E-state index >= 15 is 0 Å². The van der Waals surface area contributed by atoms with E-state index in [1.165, 1.54) is 6.42 Å². The van der Waals surface area contributed by atoms with Crippen molar-refractivity contribution in [3.05, 3.63) is 12.5 Å². The van der Waals surface area contributed by atoms with Crippen LogP contribution < -0.4 is 11.1 Å². The van der Waals surface area contributed by atoms with Crippen LogP contribution in [0.5, 0.6) is 0 Å². The topological polar surface area (TPSA) is 93.2 Å². The Morgan fingerprint density at radius 3 is 2.71 bits per heavy atom. The molecule has 1 fully saturated rings. The van der Waals surface area contributed by atoms with Gasteiger partial charge in [0.2, 0.25) is 5.91 Å². The van der Waals surface area contributed by atoms with Crippen LogP contribution in [0, 0.1) is 0 Å². The van der Waals surface area contributed by atoms with Crippen molar-refractivity contribution in [2.45, 2.75) is 63.5 Å². The standard InChI is InChI=1S/C15H26N4O2/c1-14(2,19-9-12(16)18-11-19)8-13(20)17-10-15(21)6-4-3-5-7-15/h9,11,21H,3-8,10,16H2,1-2H3,(H,17,20). The maximum atomic E-state index is 12.1. The minimum absolute atomic E-state index is 0.0636. The van der Waals surface area contributed by atoms with Gasteiger partial charge in [0.15, 0.2) is 0 Å². The first-order valence-electron chi connectivity index (χ1n) is 7.60. The number of amides is 1. The number of hydrogen-bond donors (Lipinski definition) is 3. The molecule has 1 aromatic rings. The lowest BCUT2D eigenvalue weighted by Crippen LogP contribution is -2.45. The zero-order valence-corrected chi connectivity index (χ0v) is 12.9. The van der Waals surface area contributed by atoms with Gasteiger partial charge >= 0.3 is 0 Å². The van der Waals surface area contributed by atoms with Gasteiger partial charge in [0, 0.05) is 24.7 Å². The van der Waals surface area contributed by atoms with Gasteiger partial charge in [0.05, 0.1) is 11.9 Å². The first-order chi connectivity index (χ1) is 9.81. The molecule has 1 amide bonds. The molecule has 1 aliphatic carbocycles. The number of rotatable bonds is 5. The van der Waals surface area contributed by atoms with Gasteiger partial charge in [-0.15, -0.1) is 0 Å². The monoisotopic (exact) mass is 294 g/mol. The lowest BCUT2D eigenvalue weighted by atomic mass is 9.85. The SMILES string of the molecule is CC(C)(CC(=O)NCC1(O)CCCCC1)n1cnc(N)c1. The summed E-state index contributed by atoms with van der Waals surface area (Å²) in [5.41, 5.74) is 4.49. The fourth-order valence-electron chi connectivity index (χ4n) is 2.87. The molecule has 0 aromatic carbocycles.